The average Bonchev–Trinajstić information content (AvgIpc) is 2.69. The van der Waals surface area contributed by atoms with Crippen LogP contribution in [0.1, 0.15) is 46.5 Å². The molecule has 14 heavy (non-hydrogen) atoms. The Bertz CT molecular complexity index is 158. The lowest BCUT2D eigenvalue weighted by molar-refractivity contribution is 0.0723. The Hall–Kier alpha value is -0.0800. The van der Waals surface area contributed by atoms with Crippen LogP contribution in [-0.2, 0) is 0 Å². The molecule has 2 heteroatoms. The Morgan fingerprint density at radius 3 is 2.07 bits per heavy atom. The van der Waals surface area contributed by atoms with Gasteiger partial charge in [-0.25, -0.2) is 0 Å². The van der Waals surface area contributed by atoms with E-state index in [-0.39, 0.29) is 0 Å². The molecule has 2 nitrogen and oxygen atoms in total. The second kappa shape index (κ2) is 5.13. The van der Waals surface area contributed by atoms with Gasteiger partial charge in [0.2, 0.25) is 0 Å². The molecule has 0 spiro atoms. The minimum Gasteiger partial charge on any atom is -0.315 e. The number of nitrogens with zero attached hydrogens (tertiary/aromatic N) is 1. The van der Waals surface area contributed by atoms with Crippen LogP contribution < -0.4 is 5.32 Å². The fraction of sp³-hybridized carbons (Fsp3) is 1.00. The van der Waals surface area contributed by atoms with E-state index in [1.54, 1.807) is 0 Å². The van der Waals surface area contributed by atoms with Gasteiger partial charge in [0.1, 0.15) is 0 Å². The molecule has 0 aliphatic heterocycles. The molecule has 1 aliphatic carbocycles. The summed E-state index contributed by atoms with van der Waals surface area (Å²) in [5.41, 5.74) is 0.443. The number of likely N-dealkylation sites (N-methyl/N-ethyl adjacent to an activating group) is 2. The fourth-order valence-electron chi connectivity index (χ4n) is 3.13. The molecule has 0 aromatic rings. The normalized spacial score (nSPS) is 22.9. The fourth-order valence-corrected chi connectivity index (χ4v) is 3.13. The maximum Gasteiger partial charge on any atom is 0.0359 e. The summed E-state index contributed by atoms with van der Waals surface area (Å²) in [5.74, 6) is 0. The highest BCUT2D eigenvalue weighted by molar-refractivity contribution is 5.01. The quantitative estimate of drug-likeness (QED) is 0.729. The van der Waals surface area contributed by atoms with Gasteiger partial charge in [-0.1, -0.05) is 26.7 Å². The predicted octanol–water partition coefficient (Wildman–Crippen LogP) is 2.25. The van der Waals surface area contributed by atoms with E-state index < -0.39 is 0 Å². The van der Waals surface area contributed by atoms with Gasteiger partial charge in [0.15, 0.2) is 0 Å². The maximum atomic E-state index is 3.46. The van der Waals surface area contributed by atoms with Crippen molar-refractivity contribution in [3.63, 3.8) is 0 Å². The Labute approximate surface area is 89.1 Å². The lowest BCUT2D eigenvalue weighted by Gasteiger charge is -2.45. The summed E-state index contributed by atoms with van der Waals surface area (Å²) in [4.78, 5) is 2.65. The lowest BCUT2D eigenvalue weighted by atomic mass is 9.87. The largest absolute Gasteiger partial charge is 0.315 e. The molecule has 1 unspecified atom stereocenters. The Balaban J connectivity index is 2.79. The third-order valence-electron chi connectivity index (χ3n) is 4.10. The Morgan fingerprint density at radius 1 is 1.21 bits per heavy atom. The average molecular weight is 198 g/mol. The number of hydrogen-bond donors (Lipinski definition) is 1. The van der Waals surface area contributed by atoms with Crippen molar-refractivity contribution in [2.75, 3.05) is 20.1 Å². The van der Waals surface area contributed by atoms with E-state index in [4.69, 9.17) is 0 Å². The summed E-state index contributed by atoms with van der Waals surface area (Å²) in [7, 11) is 2.09. The smallest absolute Gasteiger partial charge is 0.0359 e. The van der Waals surface area contributed by atoms with Crippen LogP contribution in [0.2, 0.25) is 0 Å². The Morgan fingerprint density at radius 2 is 1.71 bits per heavy atom. The van der Waals surface area contributed by atoms with Gasteiger partial charge >= 0.3 is 0 Å². The highest BCUT2D eigenvalue weighted by Crippen LogP contribution is 2.37. The minimum absolute atomic E-state index is 0.443. The van der Waals surface area contributed by atoms with Crippen LogP contribution >= 0.6 is 0 Å². The molecule has 0 heterocycles. The van der Waals surface area contributed by atoms with Gasteiger partial charge < -0.3 is 5.32 Å². The van der Waals surface area contributed by atoms with Gasteiger partial charge in [0, 0.05) is 11.6 Å². The molecule has 1 rings (SSSR count). The molecule has 0 amide bonds. The van der Waals surface area contributed by atoms with Crippen molar-refractivity contribution in [3.8, 4) is 0 Å². The first kappa shape index (κ1) is 12.0. The third kappa shape index (κ3) is 1.96. The van der Waals surface area contributed by atoms with Gasteiger partial charge in [0.05, 0.1) is 0 Å². The molecular formula is C12H26N2. The van der Waals surface area contributed by atoms with Gasteiger partial charge in [-0.15, -0.1) is 0 Å². The zero-order valence-corrected chi connectivity index (χ0v) is 10.3. The molecule has 0 aromatic heterocycles. The van der Waals surface area contributed by atoms with Crippen molar-refractivity contribution in [3.05, 3.63) is 0 Å². The van der Waals surface area contributed by atoms with E-state index in [2.05, 4.69) is 38.0 Å². The monoisotopic (exact) mass is 198 g/mol. The second-order valence-electron chi connectivity index (χ2n) is 4.49. The summed E-state index contributed by atoms with van der Waals surface area (Å²) in [6.45, 7) is 9.27. The van der Waals surface area contributed by atoms with E-state index in [0.29, 0.717) is 11.6 Å². The number of hydrogen-bond acceptors (Lipinski definition) is 2. The summed E-state index contributed by atoms with van der Waals surface area (Å²) in [6.07, 6.45) is 5.55. The van der Waals surface area contributed by atoms with Crippen LogP contribution in [0.3, 0.4) is 0 Å². The third-order valence-corrected chi connectivity index (χ3v) is 4.10. The Kier molecular flexibility index (Phi) is 4.39. The zero-order chi connectivity index (χ0) is 10.6. The molecule has 1 fully saturated rings. The first-order valence-corrected chi connectivity index (χ1v) is 6.13. The van der Waals surface area contributed by atoms with Crippen molar-refractivity contribution in [1.29, 1.82) is 0 Å². The molecule has 1 atom stereocenters. The highest BCUT2D eigenvalue weighted by atomic mass is 15.2. The molecule has 0 bridgehead atoms. The lowest BCUT2D eigenvalue weighted by Crippen LogP contribution is -2.58. The molecular weight excluding hydrogens is 172 g/mol. The van der Waals surface area contributed by atoms with Crippen LogP contribution in [-0.4, -0.2) is 36.6 Å². The summed E-state index contributed by atoms with van der Waals surface area (Å²) < 4.78 is 0. The maximum absolute atomic E-state index is 3.46. The SMILES string of the molecule is CCN(CC)C1(C(C)NC)CCCC1. The number of rotatable bonds is 5. The molecule has 0 aromatic carbocycles. The summed E-state index contributed by atoms with van der Waals surface area (Å²) in [6, 6.07) is 0.616. The van der Waals surface area contributed by atoms with Gasteiger partial charge in [-0.2, -0.15) is 0 Å². The van der Waals surface area contributed by atoms with Crippen LogP contribution in [0.5, 0.6) is 0 Å². The molecule has 0 saturated heterocycles. The van der Waals surface area contributed by atoms with E-state index in [1.165, 1.54) is 38.8 Å². The van der Waals surface area contributed by atoms with E-state index in [9.17, 15) is 0 Å². The summed E-state index contributed by atoms with van der Waals surface area (Å²) >= 11 is 0. The predicted molar refractivity (Wildman–Crippen MR) is 62.6 cm³/mol. The van der Waals surface area contributed by atoms with E-state index in [0.717, 1.165) is 0 Å². The molecule has 0 radical (unpaired) electrons. The molecule has 1 saturated carbocycles. The van der Waals surface area contributed by atoms with Crippen molar-refractivity contribution in [1.82, 2.24) is 10.2 Å². The standard InChI is InChI=1S/C12H26N2/c1-5-14(6-2)12(11(3)13-4)9-7-8-10-12/h11,13H,5-10H2,1-4H3. The summed E-state index contributed by atoms with van der Waals surface area (Å²) in [5, 5.41) is 3.46. The molecule has 1 N–H and O–H groups in total. The second-order valence-corrected chi connectivity index (χ2v) is 4.49. The number of nitrogens with one attached hydrogen (secondary N) is 1. The van der Waals surface area contributed by atoms with Gasteiger partial charge in [-0.3, -0.25) is 4.90 Å². The van der Waals surface area contributed by atoms with E-state index in [1.807, 2.05) is 0 Å². The van der Waals surface area contributed by atoms with Crippen LogP contribution in [0.4, 0.5) is 0 Å². The van der Waals surface area contributed by atoms with Crippen LogP contribution in [0.25, 0.3) is 0 Å². The van der Waals surface area contributed by atoms with Crippen LogP contribution in [0, 0.1) is 0 Å². The first-order valence-electron chi connectivity index (χ1n) is 6.13. The van der Waals surface area contributed by atoms with Crippen LogP contribution in [0.15, 0.2) is 0 Å². The van der Waals surface area contributed by atoms with E-state index >= 15 is 0 Å². The van der Waals surface area contributed by atoms with Gasteiger partial charge in [0.25, 0.3) is 0 Å². The first-order chi connectivity index (χ1) is 6.71. The van der Waals surface area contributed by atoms with Gasteiger partial charge in [-0.05, 0) is 39.9 Å². The van der Waals surface area contributed by atoms with Crippen molar-refractivity contribution in [2.45, 2.75) is 58.0 Å². The highest BCUT2D eigenvalue weighted by Gasteiger charge is 2.41. The van der Waals surface area contributed by atoms with Crippen molar-refractivity contribution < 1.29 is 0 Å². The topological polar surface area (TPSA) is 15.3 Å². The molecule has 1 aliphatic rings. The zero-order valence-electron chi connectivity index (χ0n) is 10.3. The minimum atomic E-state index is 0.443. The van der Waals surface area contributed by atoms with Crippen molar-refractivity contribution in [2.24, 2.45) is 0 Å². The molecule has 84 valence electrons. The van der Waals surface area contributed by atoms with Crippen molar-refractivity contribution >= 4 is 0 Å².